The van der Waals surface area contributed by atoms with Crippen LogP contribution in [0.4, 0.5) is 5.82 Å². The lowest BCUT2D eigenvalue weighted by Gasteiger charge is -2.16. The second kappa shape index (κ2) is 6.84. The van der Waals surface area contributed by atoms with Crippen LogP contribution >= 0.6 is 0 Å². The zero-order chi connectivity index (χ0) is 17.1. The minimum Gasteiger partial charge on any atom is -0.497 e. The topological polar surface area (TPSA) is 90.6 Å². The van der Waals surface area contributed by atoms with E-state index < -0.39 is 0 Å². The molecule has 0 spiro atoms. The Morgan fingerprint density at radius 2 is 2.04 bits per heavy atom. The number of methoxy groups -OCH3 is 1. The van der Waals surface area contributed by atoms with E-state index in [-0.39, 0.29) is 0 Å². The Morgan fingerprint density at radius 1 is 1.16 bits per heavy atom. The van der Waals surface area contributed by atoms with Gasteiger partial charge in [0.05, 0.1) is 7.11 Å². The number of nitrogens with zero attached hydrogens (tertiary/aromatic N) is 6. The lowest BCUT2D eigenvalue weighted by molar-refractivity contribution is 0.415. The van der Waals surface area contributed by atoms with Gasteiger partial charge in [0.15, 0.2) is 11.6 Å². The molecule has 8 heteroatoms. The van der Waals surface area contributed by atoms with Crippen LogP contribution in [0.5, 0.6) is 5.75 Å². The van der Waals surface area contributed by atoms with Gasteiger partial charge in [-0.2, -0.15) is 0 Å². The molecule has 3 heterocycles. The number of aromatic nitrogens is 6. The quantitative estimate of drug-likeness (QED) is 0.778. The van der Waals surface area contributed by atoms with Crippen LogP contribution < -0.4 is 10.1 Å². The van der Waals surface area contributed by atoms with Crippen molar-refractivity contribution >= 4 is 5.82 Å². The first-order chi connectivity index (χ1) is 12.3. The maximum Gasteiger partial charge on any atom is 0.161 e. The number of aryl methyl sites for hydroxylation is 2. The average Bonchev–Trinajstić information content (AvgIpc) is 3.03. The van der Waals surface area contributed by atoms with Gasteiger partial charge in [-0.15, -0.1) is 5.10 Å². The van der Waals surface area contributed by atoms with Crippen molar-refractivity contribution in [3.63, 3.8) is 0 Å². The van der Waals surface area contributed by atoms with E-state index in [1.54, 1.807) is 13.3 Å². The third-order valence-corrected chi connectivity index (χ3v) is 4.37. The number of hydrogen-bond acceptors (Lipinski definition) is 7. The van der Waals surface area contributed by atoms with Gasteiger partial charge in [0.2, 0.25) is 0 Å². The number of ether oxygens (including phenoxy) is 1. The molecule has 1 aromatic carbocycles. The van der Waals surface area contributed by atoms with Gasteiger partial charge in [-0.1, -0.05) is 0 Å². The molecule has 1 aliphatic rings. The second-order valence-corrected chi connectivity index (χ2v) is 5.98. The van der Waals surface area contributed by atoms with Gasteiger partial charge in [-0.05, 0) is 53.6 Å². The Morgan fingerprint density at radius 3 is 2.88 bits per heavy atom. The predicted molar refractivity (Wildman–Crippen MR) is 92.2 cm³/mol. The van der Waals surface area contributed by atoms with Crippen LogP contribution in [0.1, 0.15) is 18.7 Å². The Balaban J connectivity index is 1.47. The number of fused-ring (bicyclic) bond motifs is 1. The fraction of sp³-hybridized carbons (Fsp3) is 0.353. The van der Waals surface area contributed by atoms with Gasteiger partial charge in [-0.3, -0.25) is 0 Å². The molecule has 0 amide bonds. The second-order valence-electron chi connectivity index (χ2n) is 5.98. The SMILES string of the molecule is COc1ccc(-c2nccc(NC3CCc4nnnn4CC3)n2)cc1. The molecule has 0 fully saturated rings. The molecule has 1 N–H and O–H groups in total. The third-order valence-electron chi connectivity index (χ3n) is 4.37. The molecular weight excluding hydrogens is 318 g/mol. The summed E-state index contributed by atoms with van der Waals surface area (Å²) in [6.07, 6.45) is 4.57. The lowest BCUT2D eigenvalue weighted by Crippen LogP contribution is -2.21. The summed E-state index contributed by atoms with van der Waals surface area (Å²) in [6.45, 7) is 0.816. The van der Waals surface area contributed by atoms with Gasteiger partial charge >= 0.3 is 0 Å². The van der Waals surface area contributed by atoms with Crippen molar-refractivity contribution in [2.45, 2.75) is 31.8 Å². The van der Waals surface area contributed by atoms with E-state index in [0.29, 0.717) is 11.9 Å². The Labute approximate surface area is 145 Å². The molecule has 0 saturated carbocycles. The van der Waals surface area contributed by atoms with Crippen molar-refractivity contribution in [2.24, 2.45) is 0 Å². The van der Waals surface area contributed by atoms with Crippen molar-refractivity contribution in [2.75, 3.05) is 12.4 Å². The van der Waals surface area contributed by atoms with Crippen molar-refractivity contribution in [1.29, 1.82) is 0 Å². The highest BCUT2D eigenvalue weighted by Crippen LogP contribution is 2.21. The Kier molecular flexibility index (Phi) is 4.24. The summed E-state index contributed by atoms with van der Waals surface area (Å²) >= 11 is 0. The largest absolute Gasteiger partial charge is 0.497 e. The number of hydrogen-bond donors (Lipinski definition) is 1. The number of tetrazole rings is 1. The van der Waals surface area contributed by atoms with E-state index in [9.17, 15) is 0 Å². The van der Waals surface area contributed by atoms with E-state index in [1.165, 1.54) is 0 Å². The Hall–Kier alpha value is -3.03. The van der Waals surface area contributed by atoms with Gasteiger partial charge in [0.1, 0.15) is 11.6 Å². The smallest absolute Gasteiger partial charge is 0.161 e. The summed E-state index contributed by atoms with van der Waals surface area (Å²) in [7, 11) is 1.65. The maximum atomic E-state index is 5.19. The molecular formula is C17H19N7O. The van der Waals surface area contributed by atoms with E-state index >= 15 is 0 Å². The van der Waals surface area contributed by atoms with E-state index in [1.807, 2.05) is 35.0 Å². The fourth-order valence-corrected chi connectivity index (χ4v) is 2.97. The number of anilines is 1. The molecule has 0 radical (unpaired) electrons. The molecule has 0 saturated heterocycles. The van der Waals surface area contributed by atoms with Crippen molar-refractivity contribution < 1.29 is 4.74 Å². The van der Waals surface area contributed by atoms with E-state index in [2.05, 4.69) is 30.8 Å². The Bertz CT molecular complexity index is 824. The van der Waals surface area contributed by atoms with Crippen LogP contribution in [0.25, 0.3) is 11.4 Å². The minimum atomic E-state index is 0.321. The molecule has 0 aliphatic carbocycles. The van der Waals surface area contributed by atoms with Crippen LogP contribution in [-0.4, -0.2) is 43.3 Å². The first-order valence-electron chi connectivity index (χ1n) is 8.31. The van der Waals surface area contributed by atoms with Crippen molar-refractivity contribution in [1.82, 2.24) is 30.2 Å². The van der Waals surface area contributed by atoms with Gasteiger partial charge < -0.3 is 10.1 Å². The number of benzene rings is 1. The zero-order valence-electron chi connectivity index (χ0n) is 14.0. The average molecular weight is 337 g/mol. The molecule has 0 bridgehead atoms. The van der Waals surface area contributed by atoms with E-state index in [4.69, 9.17) is 4.74 Å². The molecule has 1 atom stereocenters. The number of nitrogens with one attached hydrogen (secondary N) is 1. The third kappa shape index (κ3) is 3.42. The van der Waals surface area contributed by atoms with Gasteiger partial charge in [-0.25, -0.2) is 14.6 Å². The van der Waals surface area contributed by atoms with Crippen LogP contribution in [0, 0.1) is 0 Å². The molecule has 1 aliphatic heterocycles. The van der Waals surface area contributed by atoms with Crippen LogP contribution in [0.2, 0.25) is 0 Å². The molecule has 128 valence electrons. The monoisotopic (exact) mass is 337 g/mol. The summed E-state index contributed by atoms with van der Waals surface area (Å²) in [6, 6.07) is 9.96. The first-order valence-corrected chi connectivity index (χ1v) is 8.31. The summed E-state index contributed by atoms with van der Waals surface area (Å²) in [5.74, 6) is 3.29. The summed E-state index contributed by atoms with van der Waals surface area (Å²) in [5.41, 5.74) is 0.959. The van der Waals surface area contributed by atoms with Crippen molar-refractivity contribution in [3.8, 4) is 17.1 Å². The molecule has 8 nitrogen and oxygen atoms in total. The lowest BCUT2D eigenvalue weighted by atomic mass is 10.1. The summed E-state index contributed by atoms with van der Waals surface area (Å²) < 4.78 is 7.07. The van der Waals surface area contributed by atoms with Gasteiger partial charge in [0.25, 0.3) is 0 Å². The molecule has 1 unspecified atom stereocenters. The summed E-state index contributed by atoms with van der Waals surface area (Å²) in [5, 5.41) is 15.3. The number of rotatable bonds is 4. The van der Waals surface area contributed by atoms with Crippen LogP contribution in [0.15, 0.2) is 36.5 Å². The minimum absolute atomic E-state index is 0.321. The molecule has 25 heavy (non-hydrogen) atoms. The van der Waals surface area contributed by atoms with Gasteiger partial charge in [0, 0.05) is 30.8 Å². The van der Waals surface area contributed by atoms with Crippen LogP contribution in [0.3, 0.4) is 0 Å². The molecule has 4 rings (SSSR count). The predicted octanol–water partition coefficient (Wildman–Crippen LogP) is 1.96. The maximum absolute atomic E-state index is 5.19. The zero-order valence-corrected chi connectivity index (χ0v) is 14.0. The van der Waals surface area contributed by atoms with E-state index in [0.717, 1.165) is 48.8 Å². The molecule has 2 aromatic heterocycles. The highest BCUT2D eigenvalue weighted by Gasteiger charge is 2.18. The van der Waals surface area contributed by atoms with Crippen LogP contribution in [-0.2, 0) is 13.0 Å². The summed E-state index contributed by atoms with van der Waals surface area (Å²) in [4.78, 5) is 9.02. The highest BCUT2D eigenvalue weighted by atomic mass is 16.5. The van der Waals surface area contributed by atoms with Crippen molar-refractivity contribution in [3.05, 3.63) is 42.4 Å². The highest BCUT2D eigenvalue weighted by molar-refractivity contribution is 5.58. The standard InChI is InChI=1S/C17H19N7O/c1-25-14-5-2-12(3-6-14)17-18-10-8-15(20-17)19-13-4-7-16-21-22-23-24(16)11-9-13/h2-3,5-6,8,10,13H,4,7,9,11H2,1H3,(H,18,19,20). The molecule has 3 aromatic rings. The first kappa shape index (κ1) is 15.5. The fourth-order valence-electron chi connectivity index (χ4n) is 2.97. The normalized spacial score (nSPS) is 16.8.